The smallest absolute Gasteiger partial charge is 0.339 e. The molecule has 16 heavy (non-hydrogen) atoms. The van der Waals surface area contributed by atoms with Gasteiger partial charge in [-0.1, -0.05) is 6.07 Å². The van der Waals surface area contributed by atoms with Crippen molar-refractivity contribution in [3.63, 3.8) is 0 Å². The fourth-order valence-corrected chi connectivity index (χ4v) is 1.89. The monoisotopic (exact) mass is 332 g/mol. The first-order valence-electron chi connectivity index (χ1n) is 4.99. The van der Waals surface area contributed by atoms with Crippen molar-refractivity contribution >= 4 is 34.3 Å². The fraction of sp³-hybridized carbons (Fsp3) is 0.333. The van der Waals surface area contributed by atoms with Crippen LogP contribution in [0, 0.1) is 3.57 Å². The van der Waals surface area contributed by atoms with Crippen molar-refractivity contribution < 1.29 is 14.3 Å². The zero-order valence-corrected chi connectivity index (χ0v) is 11.4. The van der Waals surface area contributed by atoms with Crippen LogP contribution in [0.4, 0.5) is 0 Å². The highest BCUT2D eigenvalue weighted by molar-refractivity contribution is 14.1. The van der Waals surface area contributed by atoms with Crippen LogP contribution in [-0.4, -0.2) is 18.4 Å². The number of halogens is 1. The Morgan fingerprint density at radius 2 is 2.06 bits per heavy atom. The van der Waals surface area contributed by atoms with E-state index < -0.39 is 0 Å². The van der Waals surface area contributed by atoms with E-state index in [1.54, 1.807) is 13.0 Å². The van der Waals surface area contributed by atoms with Crippen LogP contribution in [0.5, 0.6) is 0 Å². The number of ketones is 1. The Bertz CT molecular complexity index is 413. The first kappa shape index (κ1) is 13.2. The summed E-state index contributed by atoms with van der Waals surface area (Å²) < 4.78 is 5.78. The molecule has 3 nitrogen and oxygen atoms in total. The van der Waals surface area contributed by atoms with Gasteiger partial charge in [-0.05, 0) is 54.1 Å². The van der Waals surface area contributed by atoms with Crippen molar-refractivity contribution in [2.75, 3.05) is 6.61 Å². The summed E-state index contributed by atoms with van der Waals surface area (Å²) >= 11 is 2.08. The van der Waals surface area contributed by atoms with Gasteiger partial charge in [0.25, 0.3) is 0 Å². The molecule has 1 rings (SSSR count). The van der Waals surface area contributed by atoms with Gasteiger partial charge >= 0.3 is 5.97 Å². The standard InChI is InChI=1S/C12H13IO3/c1-3-16-12(15)10-7-9(6-8(2)14)4-5-11(10)13/h4-5,7H,3,6H2,1-2H3. The van der Waals surface area contributed by atoms with E-state index in [9.17, 15) is 9.59 Å². The number of hydrogen-bond acceptors (Lipinski definition) is 3. The molecule has 0 atom stereocenters. The highest BCUT2D eigenvalue weighted by Crippen LogP contribution is 2.16. The number of ether oxygens (including phenoxy) is 1. The van der Waals surface area contributed by atoms with Gasteiger partial charge in [0.05, 0.1) is 12.2 Å². The van der Waals surface area contributed by atoms with Crippen LogP contribution in [0.2, 0.25) is 0 Å². The van der Waals surface area contributed by atoms with Crippen molar-refractivity contribution in [3.05, 3.63) is 32.9 Å². The van der Waals surface area contributed by atoms with Gasteiger partial charge in [0.2, 0.25) is 0 Å². The molecule has 0 N–H and O–H groups in total. The second-order valence-corrected chi connectivity index (χ2v) is 4.58. The van der Waals surface area contributed by atoms with E-state index in [4.69, 9.17) is 4.74 Å². The van der Waals surface area contributed by atoms with Crippen LogP contribution in [0.3, 0.4) is 0 Å². The van der Waals surface area contributed by atoms with E-state index in [1.165, 1.54) is 6.92 Å². The molecule has 1 aromatic rings. The number of benzene rings is 1. The molecular formula is C12H13IO3. The van der Waals surface area contributed by atoms with Crippen LogP contribution in [0.1, 0.15) is 29.8 Å². The highest BCUT2D eigenvalue weighted by atomic mass is 127. The van der Waals surface area contributed by atoms with Crippen molar-refractivity contribution in [2.24, 2.45) is 0 Å². The number of hydrogen-bond donors (Lipinski definition) is 0. The minimum atomic E-state index is -0.336. The predicted octanol–water partition coefficient (Wildman–Crippen LogP) is 2.60. The second-order valence-electron chi connectivity index (χ2n) is 3.41. The average molecular weight is 332 g/mol. The molecule has 0 radical (unpaired) electrons. The maximum atomic E-state index is 11.6. The molecule has 0 spiro atoms. The molecule has 0 amide bonds. The summed E-state index contributed by atoms with van der Waals surface area (Å²) in [6, 6.07) is 5.40. The maximum Gasteiger partial charge on any atom is 0.339 e. The van der Waals surface area contributed by atoms with Crippen LogP contribution in [0.15, 0.2) is 18.2 Å². The van der Waals surface area contributed by atoms with Crippen molar-refractivity contribution in [2.45, 2.75) is 20.3 Å². The van der Waals surface area contributed by atoms with Gasteiger partial charge in [0, 0.05) is 9.99 Å². The zero-order chi connectivity index (χ0) is 12.1. The SMILES string of the molecule is CCOC(=O)c1cc(CC(C)=O)ccc1I. The molecule has 4 heteroatoms. The summed E-state index contributed by atoms with van der Waals surface area (Å²) in [5, 5.41) is 0. The third-order valence-electron chi connectivity index (χ3n) is 1.98. The quantitative estimate of drug-likeness (QED) is 0.629. The summed E-state index contributed by atoms with van der Waals surface area (Å²) in [5.74, 6) is -0.256. The third kappa shape index (κ3) is 3.59. The predicted molar refractivity (Wildman–Crippen MR) is 69.5 cm³/mol. The summed E-state index contributed by atoms with van der Waals surface area (Å²) in [4.78, 5) is 22.6. The number of Topliss-reactive ketones (excluding diaryl/α,β-unsaturated/α-hetero) is 1. The van der Waals surface area contributed by atoms with Crippen LogP contribution >= 0.6 is 22.6 Å². The first-order chi connectivity index (χ1) is 7.54. The lowest BCUT2D eigenvalue weighted by atomic mass is 10.1. The second kappa shape index (κ2) is 5.98. The summed E-state index contributed by atoms with van der Waals surface area (Å²) in [6.45, 7) is 3.65. The molecule has 0 saturated heterocycles. The van der Waals surface area contributed by atoms with Crippen LogP contribution in [-0.2, 0) is 16.0 Å². The molecule has 0 bridgehead atoms. The molecule has 0 saturated carbocycles. The zero-order valence-electron chi connectivity index (χ0n) is 9.25. The van der Waals surface area contributed by atoms with E-state index in [0.29, 0.717) is 18.6 Å². The van der Waals surface area contributed by atoms with Gasteiger partial charge in [0.1, 0.15) is 5.78 Å². The van der Waals surface area contributed by atoms with Crippen molar-refractivity contribution in [1.29, 1.82) is 0 Å². The van der Waals surface area contributed by atoms with Crippen LogP contribution < -0.4 is 0 Å². The number of carbonyl (C=O) groups excluding carboxylic acids is 2. The lowest BCUT2D eigenvalue weighted by Gasteiger charge is -2.06. The van der Waals surface area contributed by atoms with Crippen LogP contribution in [0.25, 0.3) is 0 Å². The van der Waals surface area contributed by atoms with E-state index in [0.717, 1.165) is 9.13 Å². The number of rotatable bonds is 4. The van der Waals surface area contributed by atoms with Gasteiger partial charge < -0.3 is 4.74 Å². The van der Waals surface area contributed by atoms with Crippen molar-refractivity contribution in [3.8, 4) is 0 Å². The highest BCUT2D eigenvalue weighted by Gasteiger charge is 2.12. The molecule has 1 aromatic carbocycles. The Balaban J connectivity index is 2.98. The summed E-state index contributed by atoms with van der Waals surface area (Å²) in [7, 11) is 0. The van der Waals surface area contributed by atoms with E-state index in [2.05, 4.69) is 22.6 Å². The molecule has 0 unspecified atom stereocenters. The Morgan fingerprint density at radius 1 is 1.38 bits per heavy atom. The lowest BCUT2D eigenvalue weighted by molar-refractivity contribution is -0.116. The summed E-state index contributed by atoms with van der Waals surface area (Å²) in [6.07, 6.45) is 0.351. The molecule has 0 fully saturated rings. The largest absolute Gasteiger partial charge is 0.462 e. The Labute approximate surface area is 108 Å². The lowest BCUT2D eigenvalue weighted by Crippen LogP contribution is -2.08. The molecular weight excluding hydrogens is 319 g/mol. The maximum absolute atomic E-state index is 11.6. The van der Waals surface area contributed by atoms with Gasteiger partial charge in [0.15, 0.2) is 0 Å². The summed E-state index contributed by atoms with van der Waals surface area (Å²) in [5.41, 5.74) is 1.37. The molecule has 0 aliphatic heterocycles. The normalized spacial score (nSPS) is 9.94. The fourth-order valence-electron chi connectivity index (χ4n) is 1.34. The average Bonchev–Trinajstić information content (AvgIpc) is 2.20. The van der Waals surface area contributed by atoms with Gasteiger partial charge in [-0.15, -0.1) is 0 Å². The number of carbonyl (C=O) groups is 2. The topological polar surface area (TPSA) is 43.4 Å². The van der Waals surface area contributed by atoms with Crippen molar-refractivity contribution in [1.82, 2.24) is 0 Å². The molecule has 0 aliphatic carbocycles. The van der Waals surface area contributed by atoms with Gasteiger partial charge in [-0.3, -0.25) is 4.79 Å². The van der Waals surface area contributed by atoms with Gasteiger partial charge in [-0.2, -0.15) is 0 Å². The first-order valence-corrected chi connectivity index (χ1v) is 6.07. The van der Waals surface area contributed by atoms with Gasteiger partial charge in [-0.25, -0.2) is 4.79 Å². The number of esters is 1. The van der Waals surface area contributed by atoms with E-state index in [-0.39, 0.29) is 11.8 Å². The minimum absolute atomic E-state index is 0.0796. The molecule has 0 aliphatic rings. The molecule has 0 heterocycles. The Hall–Kier alpha value is -0.910. The Morgan fingerprint density at radius 3 is 2.62 bits per heavy atom. The van der Waals surface area contributed by atoms with E-state index >= 15 is 0 Å². The van der Waals surface area contributed by atoms with E-state index in [1.807, 2.05) is 12.1 Å². The molecule has 86 valence electrons. The Kier molecular flexibility index (Phi) is 4.92. The minimum Gasteiger partial charge on any atom is -0.462 e. The third-order valence-corrected chi connectivity index (χ3v) is 2.92. The molecule has 0 aromatic heterocycles.